The predicted octanol–water partition coefficient (Wildman–Crippen LogP) is 2.10. The van der Waals surface area contributed by atoms with Gasteiger partial charge in [-0.2, -0.15) is 10.2 Å². The molecule has 3 aromatic rings. The molecule has 124 valence electrons. The maximum atomic E-state index is 5.42. The van der Waals surface area contributed by atoms with E-state index >= 15 is 0 Å². The second-order valence-corrected chi connectivity index (χ2v) is 6.47. The number of rotatable bonds is 4. The number of aromatic nitrogens is 5. The van der Waals surface area contributed by atoms with Crippen LogP contribution in [0.4, 0.5) is 0 Å². The van der Waals surface area contributed by atoms with Gasteiger partial charge in [0.15, 0.2) is 10.6 Å². The van der Waals surface area contributed by atoms with Gasteiger partial charge in [0.2, 0.25) is 0 Å². The van der Waals surface area contributed by atoms with Gasteiger partial charge in [0.25, 0.3) is 0 Å². The van der Waals surface area contributed by atoms with E-state index in [-0.39, 0.29) is 6.04 Å². The minimum Gasteiger partial charge on any atom is -0.268 e. The summed E-state index contributed by atoms with van der Waals surface area (Å²) in [6.07, 6.45) is 4.77. The lowest BCUT2D eigenvalue weighted by Crippen LogP contribution is -2.29. The Morgan fingerprint density at radius 1 is 1.25 bits per heavy atom. The number of benzene rings is 1. The molecule has 0 aliphatic carbocycles. The van der Waals surface area contributed by atoms with E-state index in [4.69, 9.17) is 12.2 Å². The largest absolute Gasteiger partial charge is 0.268 e. The van der Waals surface area contributed by atoms with Gasteiger partial charge in [-0.15, -0.1) is 0 Å². The van der Waals surface area contributed by atoms with Gasteiger partial charge in [0, 0.05) is 12.2 Å². The summed E-state index contributed by atoms with van der Waals surface area (Å²) in [6, 6.07) is 10.8. The molecule has 2 atom stereocenters. The van der Waals surface area contributed by atoms with Crippen molar-refractivity contribution in [2.24, 2.45) is 0 Å². The van der Waals surface area contributed by atoms with Crippen molar-refractivity contribution < 1.29 is 0 Å². The second-order valence-electron chi connectivity index (χ2n) is 6.08. The summed E-state index contributed by atoms with van der Waals surface area (Å²) < 4.78 is 4.43. The first kappa shape index (κ1) is 15.3. The first-order valence-electron chi connectivity index (χ1n) is 7.96. The van der Waals surface area contributed by atoms with E-state index in [1.165, 1.54) is 5.56 Å². The first-order valence-corrected chi connectivity index (χ1v) is 8.36. The molecule has 3 heterocycles. The van der Waals surface area contributed by atoms with Crippen LogP contribution >= 0.6 is 12.2 Å². The fourth-order valence-electron chi connectivity index (χ4n) is 3.00. The lowest BCUT2D eigenvalue weighted by molar-refractivity contribution is 0.537. The first-order chi connectivity index (χ1) is 11.7. The molecule has 1 aliphatic heterocycles. The molecule has 0 amide bonds. The van der Waals surface area contributed by atoms with E-state index in [0.29, 0.717) is 10.8 Å². The molecule has 3 N–H and O–H groups in total. The standard InChI is InChI=1S/C16H19N7S/c1-11-7-14(19-18-11)15-20-21-16(24)23(15)13-8-17-22(10-13)9-12-5-3-2-4-6-12/h2-6,8,10-11,14,18-19H,7,9H2,1H3,(H,21,24). The minimum atomic E-state index is 0.116. The third-order valence-electron chi connectivity index (χ3n) is 4.17. The van der Waals surface area contributed by atoms with E-state index in [2.05, 4.69) is 45.2 Å². The average molecular weight is 341 g/mol. The van der Waals surface area contributed by atoms with Gasteiger partial charge >= 0.3 is 0 Å². The molecule has 0 bridgehead atoms. The smallest absolute Gasteiger partial charge is 0.200 e. The number of H-pyrrole nitrogens is 1. The van der Waals surface area contributed by atoms with Crippen molar-refractivity contribution in [3.05, 3.63) is 58.9 Å². The van der Waals surface area contributed by atoms with Gasteiger partial charge in [-0.3, -0.25) is 19.8 Å². The molecule has 1 saturated heterocycles. The third kappa shape index (κ3) is 2.91. The van der Waals surface area contributed by atoms with Crippen LogP contribution < -0.4 is 10.9 Å². The molecule has 0 radical (unpaired) electrons. The molecule has 2 aromatic heterocycles. The van der Waals surface area contributed by atoms with Crippen LogP contribution in [0.1, 0.15) is 30.8 Å². The van der Waals surface area contributed by atoms with Crippen LogP contribution in [0.3, 0.4) is 0 Å². The van der Waals surface area contributed by atoms with Gasteiger partial charge in [0.1, 0.15) is 0 Å². The number of hydrogen-bond acceptors (Lipinski definition) is 5. The highest BCUT2D eigenvalue weighted by Crippen LogP contribution is 2.23. The molecule has 7 nitrogen and oxygen atoms in total. The van der Waals surface area contributed by atoms with Crippen LogP contribution in [-0.4, -0.2) is 30.6 Å². The van der Waals surface area contributed by atoms with Crippen molar-refractivity contribution >= 4 is 12.2 Å². The minimum absolute atomic E-state index is 0.116. The Morgan fingerprint density at radius 2 is 2.08 bits per heavy atom. The molecule has 8 heteroatoms. The highest BCUT2D eigenvalue weighted by Gasteiger charge is 2.27. The summed E-state index contributed by atoms with van der Waals surface area (Å²) in [4.78, 5) is 0. The fourth-order valence-corrected chi connectivity index (χ4v) is 3.25. The quantitative estimate of drug-likeness (QED) is 0.634. The Bertz CT molecular complexity index is 879. The van der Waals surface area contributed by atoms with Crippen molar-refractivity contribution in [1.82, 2.24) is 35.4 Å². The fraction of sp³-hybridized carbons (Fsp3) is 0.312. The summed E-state index contributed by atoms with van der Waals surface area (Å²) in [5.41, 5.74) is 8.61. The SMILES string of the molecule is CC1CC(c2n[nH]c(=S)n2-c2cnn(Cc3ccccc3)c2)NN1. The summed E-state index contributed by atoms with van der Waals surface area (Å²) in [7, 11) is 0. The van der Waals surface area contributed by atoms with E-state index in [0.717, 1.165) is 24.5 Å². The van der Waals surface area contributed by atoms with Crippen LogP contribution in [0.5, 0.6) is 0 Å². The molecule has 1 aromatic carbocycles. The number of aromatic amines is 1. The topological polar surface area (TPSA) is 75.5 Å². The van der Waals surface area contributed by atoms with Crippen molar-refractivity contribution in [2.45, 2.75) is 32.0 Å². The summed E-state index contributed by atoms with van der Waals surface area (Å²) in [5, 5.41) is 11.8. The van der Waals surface area contributed by atoms with Crippen LogP contribution in [-0.2, 0) is 6.54 Å². The Balaban J connectivity index is 1.63. The highest BCUT2D eigenvalue weighted by atomic mass is 32.1. The van der Waals surface area contributed by atoms with E-state index in [1.807, 2.05) is 39.8 Å². The van der Waals surface area contributed by atoms with Gasteiger partial charge in [-0.05, 0) is 31.1 Å². The number of hydrogen-bond donors (Lipinski definition) is 3. The molecule has 4 rings (SSSR count). The zero-order valence-corrected chi connectivity index (χ0v) is 14.1. The van der Waals surface area contributed by atoms with E-state index in [1.54, 1.807) is 0 Å². The maximum Gasteiger partial charge on any atom is 0.200 e. The molecular formula is C16H19N7S. The molecule has 1 aliphatic rings. The summed E-state index contributed by atoms with van der Waals surface area (Å²) in [6.45, 7) is 2.86. The molecular weight excluding hydrogens is 322 g/mol. The van der Waals surface area contributed by atoms with Crippen molar-refractivity contribution in [3.8, 4) is 5.69 Å². The van der Waals surface area contributed by atoms with Gasteiger partial charge in [0.05, 0.1) is 24.5 Å². The predicted molar refractivity (Wildman–Crippen MR) is 93.2 cm³/mol. The van der Waals surface area contributed by atoms with Crippen molar-refractivity contribution in [2.75, 3.05) is 0 Å². The molecule has 1 fully saturated rings. The Kier molecular flexibility index (Phi) is 4.01. The zero-order valence-electron chi connectivity index (χ0n) is 13.3. The van der Waals surface area contributed by atoms with Crippen molar-refractivity contribution in [1.29, 1.82) is 0 Å². The molecule has 2 unspecified atom stereocenters. The van der Waals surface area contributed by atoms with Crippen LogP contribution in [0.15, 0.2) is 42.7 Å². The van der Waals surface area contributed by atoms with E-state index < -0.39 is 0 Å². The van der Waals surface area contributed by atoms with Crippen LogP contribution in [0.2, 0.25) is 0 Å². The van der Waals surface area contributed by atoms with Gasteiger partial charge in [-0.25, -0.2) is 5.43 Å². The van der Waals surface area contributed by atoms with E-state index in [9.17, 15) is 0 Å². The average Bonchev–Trinajstić information content (AvgIpc) is 3.28. The highest BCUT2D eigenvalue weighted by molar-refractivity contribution is 7.71. The third-order valence-corrected chi connectivity index (χ3v) is 4.44. The summed E-state index contributed by atoms with van der Waals surface area (Å²) >= 11 is 5.42. The number of hydrazine groups is 1. The molecule has 0 spiro atoms. The second kappa shape index (κ2) is 6.31. The monoisotopic (exact) mass is 341 g/mol. The Labute approximate surface area is 144 Å². The molecule has 24 heavy (non-hydrogen) atoms. The lowest BCUT2D eigenvalue weighted by Gasteiger charge is -2.10. The Morgan fingerprint density at radius 3 is 2.83 bits per heavy atom. The van der Waals surface area contributed by atoms with Crippen LogP contribution in [0, 0.1) is 4.77 Å². The Hall–Kier alpha value is -2.29. The van der Waals surface area contributed by atoms with Gasteiger partial charge < -0.3 is 0 Å². The molecule has 0 saturated carbocycles. The zero-order chi connectivity index (χ0) is 16.5. The summed E-state index contributed by atoms with van der Waals surface area (Å²) in [5.74, 6) is 0.871. The van der Waals surface area contributed by atoms with Crippen LogP contribution in [0.25, 0.3) is 5.69 Å². The normalized spacial score (nSPS) is 20.5. The van der Waals surface area contributed by atoms with Crippen molar-refractivity contribution in [3.63, 3.8) is 0 Å². The maximum absolute atomic E-state index is 5.42. The number of nitrogens with one attached hydrogen (secondary N) is 3. The number of nitrogens with zero attached hydrogens (tertiary/aromatic N) is 4. The van der Waals surface area contributed by atoms with Gasteiger partial charge in [-0.1, -0.05) is 30.3 Å². The lowest BCUT2D eigenvalue weighted by atomic mass is 10.1.